The van der Waals surface area contributed by atoms with Gasteiger partial charge >= 0.3 is 0 Å². The molecule has 1 atom stereocenters. The molecule has 0 fully saturated rings. The van der Waals surface area contributed by atoms with Crippen LogP contribution in [0.3, 0.4) is 0 Å². The largest absolute Gasteiger partial charge is 0.420 e. The lowest BCUT2D eigenvalue weighted by atomic mass is 9.93. The van der Waals surface area contributed by atoms with Crippen molar-refractivity contribution in [2.24, 2.45) is 5.41 Å². The van der Waals surface area contributed by atoms with Gasteiger partial charge in [-0.15, -0.1) is 0 Å². The molecule has 0 saturated heterocycles. The van der Waals surface area contributed by atoms with Crippen molar-refractivity contribution in [3.05, 3.63) is 0 Å². The van der Waals surface area contributed by atoms with Crippen LogP contribution in [0.1, 0.15) is 27.2 Å². The lowest BCUT2D eigenvalue weighted by molar-refractivity contribution is 0.349. The van der Waals surface area contributed by atoms with Gasteiger partial charge in [0.15, 0.2) is 8.32 Å². The quantitative estimate of drug-likeness (QED) is 0.663. The monoisotopic (exact) mass is 246 g/mol. The Labute approximate surface area is 98.8 Å². The van der Waals surface area contributed by atoms with E-state index < -0.39 is 16.4 Å². The fraction of sp³-hybridized carbons (Fsp3) is 1.00. The van der Waals surface area contributed by atoms with Gasteiger partial charge in [0.2, 0.25) is 0 Å². The summed E-state index contributed by atoms with van der Waals surface area (Å²) in [7, 11) is -0.702. The second-order valence-corrected chi connectivity index (χ2v) is 17.8. The fourth-order valence-electron chi connectivity index (χ4n) is 2.35. The normalized spacial score (nSPS) is 16.6. The Morgan fingerprint density at radius 3 is 1.60 bits per heavy atom. The van der Waals surface area contributed by atoms with Crippen LogP contribution in [0.15, 0.2) is 0 Å². The van der Waals surface area contributed by atoms with Crippen molar-refractivity contribution < 1.29 is 4.43 Å². The summed E-state index contributed by atoms with van der Waals surface area (Å²) in [5.74, 6) is 0. The van der Waals surface area contributed by atoms with Gasteiger partial charge in [0.25, 0.3) is 0 Å². The molecule has 0 amide bonds. The number of rotatable bonds is 4. The summed E-state index contributed by atoms with van der Waals surface area (Å²) in [5.41, 5.74) is 0.424. The van der Waals surface area contributed by atoms with Gasteiger partial charge in [0, 0.05) is 15.2 Å². The highest BCUT2D eigenvalue weighted by Crippen LogP contribution is 2.41. The molecule has 15 heavy (non-hydrogen) atoms. The highest BCUT2D eigenvalue weighted by atomic mass is 28.4. The van der Waals surface area contributed by atoms with Crippen LogP contribution in [0.25, 0.3) is 0 Å². The van der Waals surface area contributed by atoms with Gasteiger partial charge in [-0.1, -0.05) is 40.4 Å². The second-order valence-electron chi connectivity index (χ2n) is 7.49. The van der Waals surface area contributed by atoms with Gasteiger partial charge in [-0.25, -0.2) is 0 Å². The van der Waals surface area contributed by atoms with E-state index in [0.29, 0.717) is 5.41 Å². The summed E-state index contributed by atoms with van der Waals surface area (Å²) in [6.45, 7) is 19.2. The molecular weight excluding hydrogens is 216 g/mol. The van der Waals surface area contributed by atoms with Crippen molar-refractivity contribution in [3.8, 4) is 0 Å². The molecule has 0 aliphatic heterocycles. The fourth-order valence-corrected chi connectivity index (χ4v) is 13.7. The van der Waals surface area contributed by atoms with Crippen LogP contribution in [0.4, 0.5) is 0 Å². The van der Waals surface area contributed by atoms with Crippen molar-refractivity contribution in [1.82, 2.24) is 0 Å². The number of hydrogen-bond acceptors (Lipinski definition) is 1. The van der Waals surface area contributed by atoms with Gasteiger partial charge in [-0.3, -0.25) is 0 Å². The summed E-state index contributed by atoms with van der Waals surface area (Å²) in [6, 6.07) is 0. The standard InChI is InChI=1S/C12H30OSi2/c1-12(2,3)10-11(14(5,6)7)15(8,9)13-4/h11H,10H2,1-9H3. The first-order valence-corrected chi connectivity index (χ1v) is 12.5. The van der Waals surface area contributed by atoms with E-state index in [-0.39, 0.29) is 0 Å². The highest BCUT2D eigenvalue weighted by Gasteiger charge is 2.43. The zero-order valence-electron chi connectivity index (χ0n) is 12.2. The lowest BCUT2D eigenvalue weighted by Gasteiger charge is -2.42. The smallest absolute Gasteiger partial charge is 0.186 e. The van der Waals surface area contributed by atoms with Crippen molar-refractivity contribution >= 4 is 16.4 Å². The average Bonchev–Trinajstić information content (AvgIpc) is 1.96. The topological polar surface area (TPSA) is 9.23 Å². The molecule has 1 unspecified atom stereocenters. The van der Waals surface area contributed by atoms with Crippen LogP contribution in [0.2, 0.25) is 37.9 Å². The first kappa shape index (κ1) is 15.4. The zero-order chi connectivity index (χ0) is 12.5. The van der Waals surface area contributed by atoms with Gasteiger partial charge in [0.1, 0.15) is 0 Å². The molecule has 3 heteroatoms. The van der Waals surface area contributed by atoms with Crippen LogP contribution < -0.4 is 0 Å². The maximum atomic E-state index is 5.85. The molecule has 1 nitrogen and oxygen atoms in total. The minimum absolute atomic E-state index is 0.424. The first-order chi connectivity index (χ1) is 6.40. The molecule has 0 saturated carbocycles. The highest BCUT2D eigenvalue weighted by molar-refractivity contribution is 6.94. The molecule has 0 aromatic rings. The molecule has 0 bridgehead atoms. The van der Waals surface area contributed by atoms with Crippen molar-refractivity contribution in [3.63, 3.8) is 0 Å². The predicted molar refractivity (Wildman–Crippen MR) is 75.7 cm³/mol. The van der Waals surface area contributed by atoms with E-state index in [4.69, 9.17) is 4.43 Å². The molecule has 0 rings (SSSR count). The van der Waals surface area contributed by atoms with E-state index in [9.17, 15) is 0 Å². The third-order valence-corrected chi connectivity index (χ3v) is 13.1. The Hall–Kier alpha value is 0.394. The lowest BCUT2D eigenvalue weighted by Crippen LogP contribution is -2.48. The van der Waals surface area contributed by atoms with Crippen molar-refractivity contribution in [2.45, 2.75) is 65.1 Å². The van der Waals surface area contributed by atoms with Crippen molar-refractivity contribution in [2.75, 3.05) is 7.11 Å². The van der Waals surface area contributed by atoms with Gasteiger partial charge in [0.05, 0.1) is 0 Å². The molecule has 0 radical (unpaired) electrons. The Kier molecular flexibility index (Phi) is 4.84. The minimum Gasteiger partial charge on any atom is -0.420 e. The van der Waals surface area contributed by atoms with Crippen LogP contribution >= 0.6 is 0 Å². The number of hydrogen-bond donors (Lipinski definition) is 0. The summed E-state index contributed by atoms with van der Waals surface area (Å²) in [6.07, 6.45) is 1.32. The third kappa shape index (κ3) is 5.32. The SMILES string of the molecule is CO[Si](C)(C)C(CC(C)(C)C)[Si](C)(C)C. The maximum absolute atomic E-state index is 5.85. The van der Waals surface area contributed by atoms with E-state index in [1.807, 2.05) is 7.11 Å². The Morgan fingerprint density at radius 1 is 1.00 bits per heavy atom. The Morgan fingerprint density at radius 2 is 1.40 bits per heavy atom. The summed E-state index contributed by atoms with van der Waals surface area (Å²) < 4.78 is 5.85. The molecule has 0 heterocycles. The van der Waals surface area contributed by atoms with E-state index in [0.717, 1.165) is 5.16 Å². The van der Waals surface area contributed by atoms with Crippen LogP contribution in [0, 0.1) is 5.41 Å². The van der Waals surface area contributed by atoms with Crippen LogP contribution in [-0.2, 0) is 4.43 Å². The van der Waals surface area contributed by atoms with Crippen LogP contribution in [0.5, 0.6) is 0 Å². The average molecular weight is 247 g/mol. The molecule has 92 valence electrons. The van der Waals surface area contributed by atoms with E-state index >= 15 is 0 Å². The molecular formula is C12H30OSi2. The molecule has 0 aliphatic carbocycles. The van der Waals surface area contributed by atoms with Gasteiger partial charge in [-0.2, -0.15) is 0 Å². The molecule has 0 aromatic heterocycles. The van der Waals surface area contributed by atoms with E-state index in [1.165, 1.54) is 6.42 Å². The Balaban J connectivity index is 4.92. The van der Waals surface area contributed by atoms with Crippen molar-refractivity contribution in [1.29, 1.82) is 0 Å². The molecule has 0 aliphatic rings. The Bertz CT molecular complexity index is 199. The van der Waals surface area contributed by atoms with Gasteiger partial charge in [-0.05, 0) is 30.1 Å². The summed E-state index contributed by atoms with van der Waals surface area (Å²) in [5, 5.41) is 0.843. The predicted octanol–water partition coefficient (Wildman–Crippen LogP) is 4.52. The molecule has 0 spiro atoms. The first-order valence-electron chi connectivity index (χ1n) is 5.95. The van der Waals surface area contributed by atoms with Gasteiger partial charge < -0.3 is 4.43 Å². The molecule has 0 aromatic carbocycles. The summed E-state index contributed by atoms with van der Waals surface area (Å²) >= 11 is 0. The van der Waals surface area contributed by atoms with E-state index in [1.54, 1.807) is 0 Å². The third-order valence-electron chi connectivity index (χ3n) is 3.23. The maximum Gasteiger partial charge on any atom is 0.186 e. The zero-order valence-corrected chi connectivity index (χ0v) is 14.2. The second kappa shape index (κ2) is 4.72. The molecule has 0 N–H and O–H groups in total. The minimum atomic E-state index is -1.49. The summed E-state index contributed by atoms with van der Waals surface area (Å²) in [4.78, 5) is 0. The van der Waals surface area contributed by atoms with Crippen LogP contribution in [-0.4, -0.2) is 23.5 Å². The van der Waals surface area contributed by atoms with E-state index in [2.05, 4.69) is 53.5 Å².